The number of hydrogen-bond acceptors (Lipinski definition) is 3. The van der Waals surface area contributed by atoms with Crippen molar-refractivity contribution in [2.45, 2.75) is 6.04 Å². The Balaban J connectivity index is 1.68. The van der Waals surface area contributed by atoms with Crippen molar-refractivity contribution < 1.29 is 8.42 Å². The third-order valence-corrected chi connectivity index (χ3v) is 6.21. The van der Waals surface area contributed by atoms with Crippen LogP contribution in [0.3, 0.4) is 0 Å². The summed E-state index contributed by atoms with van der Waals surface area (Å²) in [6.07, 6.45) is 1.29. The first-order valence-electron chi connectivity index (χ1n) is 7.93. The van der Waals surface area contributed by atoms with Crippen LogP contribution in [0.25, 0.3) is 11.1 Å². The number of fused-ring (bicyclic) bond motifs is 3. The van der Waals surface area contributed by atoms with Gasteiger partial charge in [-0.3, -0.25) is 4.90 Å². The van der Waals surface area contributed by atoms with E-state index in [0.717, 1.165) is 13.1 Å². The Bertz CT molecular complexity index is 794. The van der Waals surface area contributed by atoms with Crippen LogP contribution < -0.4 is 0 Å². The van der Waals surface area contributed by atoms with Gasteiger partial charge in [-0.05, 0) is 22.3 Å². The number of nitrogens with zero attached hydrogens (tertiary/aromatic N) is 2. The number of sulfonamides is 1. The maximum Gasteiger partial charge on any atom is 0.211 e. The highest BCUT2D eigenvalue weighted by atomic mass is 32.2. The summed E-state index contributed by atoms with van der Waals surface area (Å²) in [4.78, 5) is 2.41. The van der Waals surface area contributed by atoms with Crippen LogP contribution >= 0.6 is 0 Å². The van der Waals surface area contributed by atoms with Crippen LogP contribution in [0.15, 0.2) is 48.5 Å². The molecule has 120 valence electrons. The van der Waals surface area contributed by atoms with Crippen LogP contribution in [0.5, 0.6) is 0 Å². The van der Waals surface area contributed by atoms with Crippen molar-refractivity contribution in [1.29, 1.82) is 0 Å². The number of benzene rings is 2. The van der Waals surface area contributed by atoms with Gasteiger partial charge in [0.1, 0.15) is 0 Å². The molecule has 23 heavy (non-hydrogen) atoms. The molecule has 0 aromatic heterocycles. The van der Waals surface area contributed by atoms with Gasteiger partial charge in [-0.1, -0.05) is 48.5 Å². The van der Waals surface area contributed by atoms with E-state index < -0.39 is 10.0 Å². The van der Waals surface area contributed by atoms with Gasteiger partial charge in [-0.15, -0.1) is 0 Å². The van der Waals surface area contributed by atoms with Gasteiger partial charge in [0.25, 0.3) is 0 Å². The standard InChI is InChI=1S/C18H20N2O2S/c1-23(21,22)20-12-10-19(11-13-20)18-16-8-4-2-6-14(16)15-7-3-5-9-17(15)18/h2-9,18H,10-13H2,1H3. The van der Waals surface area contributed by atoms with Crippen molar-refractivity contribution in [3.05, 3.63) is 59.7 Å². The van der Waals surface area contributed by atoms with E-state index in [1.165, 1.54) is 28.5 Å². The third kappa shape index (κ3) is 2.49. The predicted molar refractivity (Wildman–Crippen MR) is 91.7 cm³/mol. The lowest BCUT2D eigenvalue weighted by molar-refractivity contribution is 0.158. The molecule has 0 N–H and O–H groups in total. The van der Waals surface area contributed by atoms with Crippen molar-refractivity contribution in [2.75, 3.05) is 32.4 Å². The predicted octanol–water partition coefficient (Wildman–Crippen LogP) is 2.33. The molecule has 4 nitrogen and oxygen atoms in total. The molecule has 0 radical (unpaired) electrons. The average Bonchev–Trinajstić information content (AvgIpc) is 2.89. The molecule has 0 bridgehead atoms. The normalized spacial score (nSPS) is 19.5. The van der Waals surface area contributed by atoms with Gasteiger partial charge in [0.2, 0.25) is 10.0 Å². The van der Waals surface area contributed by atoms with Gasteiger partial charge in [0, 0.05) is 26.2 Å². The first-order chi connectivity index (χ1) is 11.1. The van der Waals surface area contributed by atoms with Crippen LogP contribution in [-0.4, -0.2) is 50.1 Å². The summed E-state index contributed by atoms with van der Waals surface area (Å²) in [6.45, 7) is 2.67. The first-order valence-corrected chi connectivity index (χ1v) is 9.78. The average molecular weight is 328 g/mol. The molecule has 1 heterocycles. The second kappa shape index (κ2) is 5.44. The van der Waals surface area contributed by atoms with Crippen LogP contribution in [0, 0.1) is 0 Å². The molecule has 0 unspecified atom stereocenters. The van der Waals surface area contributed by atoms with Gasteiger partial charge in [0.15, 0.2) is 0 Å². The molecule has 0 saturated carbocycles. The fraction of sp³-hybridized carbons (Fsp3) is 0.333. The number of piperazine rings is 1. The highest BCUT2D eigenvalue weighted by Gasteiger charge is 2.35. The largest absolute Gasteiger partial charge is 0.290 e. The highest BCUT2D eigenvalue weighted by molar-refractivity contribution is 7.88. The Morgan fingerprint density at radius 1 is 0.826 bits per heavy atom. The van der Waals surface area contributed by atoms with Gasteiger partial charge in [-0.2, -0.15) is 4.31 Å². The molecular weight excluding hydrogens is 308 g/mol. The lowest BCUT2D eigenvalue weighted by Crippen LogP contribution is -2.49. The Morgan fingerprint density at radius 2 is 1.30 bits per heavy atom. The summed E-state index contributed by atoms with van der Waals surface area (Å²) in [7, 11) is -3.09. The first kappa shape index (κ1) is 14.9. The second-order valence-corrected chi connectivity index (χ2v) is 8.26. The molecule has 1 aliphatic carbocycles. The molecule has 4 rings (SSSR count). The monoisotopic (exact) mass is 328 g/mol. The molecule has 0 atom stereocenters. The maximum atomic E-state index is 11.7. The minimum atomic E-state index is -3.09. The second-order valence-electron chi connectivity index (χ2n) is 6.28. The van der Waals surface area contributed by atoms with Crippen molar-refractivity contribution >= 4 is 10.0 Å². The zero-order valence-corrected chi connectivity index (χ0v) is 14.0. The molecule has 5 heteroatoms. The van der Waals surface area contributed by atoms with E-state index in [4.69, 9.17) is 0 Å². The fourth-order valence-corrected chi connectivity index (χ4v) is 4.64. The van der Waals surface area contributed by atoms with Crippen LogP contribution in [-0.2, 0) is 10.0 Å². The molecule has 1 saturated heterocycles. The molecule has 2 aromatic rings. The van der Waals surface area contributed by atoms with Gasteiger partial charge < -0.3 is 0 Å². The minimum absolute atomic E-state index is 0.240. The Morgan fingerprint density at radius 3 is 1.78 bits per heavy atom. The lowest BCUT2D eigenvalue weighted by Gasteiger charge is -2.37. The molecule has 2 aliphatic rings. The summed E-state index contributed by atoms with van der Waals surface area (Å²) in [5.41, 5.74) is 5.28. The highest BCUT2D eigenvalue weighted by Crippen LogP contribution is 2.46. The SMILES string of the molecule is CS(=O)(=O)N1CCN(C2c3ccccc3-c3ccccc32)CC1. The van der Waals surface area contributed by atoms with Crippen LogP contribution in [0.2, 0.25) is 0 Å². The summed E-state index contributed by atoms with van der Waals surface area (Å²) >= 11 is 0. The Kier molecular flexibility index (Phi) is 3.52. The smallest absolute Gasteiger partial charge is 0.211 e. The summed E-state index contributed by atoms with van der Waals surface area (Å²) in [5, 5.41) is 0. The topological polar surface area (TPSA) is 40.6 Å². The summed E-state index contributed by atoms with van der Waals surface area (Å²) in [5.74, 6) is 0. The fourth-order valence-electron chi connectivity index (χ4n) is 3.82. The van der Waals surface area contributed by atoms with Gasteiger partial charge in [-0.25, -0.2) is 8.42 Å². The van der Waals surface area contributed by atoms with E-state index in [1.54, 1.807) is 4.31 Å². The molecule has 1 fully saturated rings. The molecule has 0 amide bonds. The lowest BCUT2D eigenvalue weighted by atomic mass is 10.0. The molecule has 1 aliphatic heterocycles. The summed E-state index contributed by atoms with van der Waals surface area (Å²) < 4.78 is 25.0. The molecule has 0 spiro atoms. The van der Waals surface area contributed by atoms with Gasteiger partial charge in [0.05, 0.1) is 12.3 Å². The quantitative estimate of drug-likeness (QED) is 0.849. The third-order valence-electron chi connectivity index (χ3n) is 4.91. The van der Waals surface area contributed by atoms with Crippen LogP contribution in [0.1, 0.15) is 17.2 Å². The molecule has 2 aromatic carbocycles. The number of rotatable bonds is 2. The van der Waals surface area contributed by atoms with Gasteiger partial charge >= 0.3 is 0 Å². The Hall–Kier alpha value is -1.69. The zero-order valence-electron chi connectivity index (χ0n) is 13.1. The van der Waals surface area contributed by atoms with Crippen molar-refractivity contribution in [1.82, 2.24) is 9.21 Å². The van der Waals surface area contributed by atoms with E-state index >= 15 is 0 Å². The van der Waals surface area contributed by atoms with Crippen molar-refractivity contribution in [2.24, 2.45) is 0 Å². The van der Waals surface area contributed by atoms with Crippen LogP contribution in [0.4, 0.5) is 0 Å². The maximum absolute atomic E-state index is 11.7. The Labute approximate surface area is 137 Å². The van der Waals surface area contributed by atoms with E-state index in [1.807, 2.05) is 0 Å². The zero-order chi connectivity index (χ0) is 16.0. The number of hydrogen-bond donors (Lipinski definition) is 0. The minimum Gasteiger partial charge on any atom is -0.290 e. The van der Waals surface area contributed by atoms with Crippen molar-refractivity contribution in [3.8, 4) is 11.1 Å². The molecular formula is C18H20N2O2S. The van der Waals surface area contributed by atoms with Crippen molar-refractivity contribution in [3.63, 3.8) is 0 Å². The van der Waals surface area contributed by atoms with E-state index in [9.17, 15) is 8.42 Å². The van der Waals surface area contributed by atoms with E-state index in [-0.39, 0.29) is 6.04 Å². The van der Waals surface area contributed by atoms with E-state index in [2.05, 4.69) is 53.4 Å². The summed E-state index contributed by atoms with van der Waals surface area (Å²) in [6, 6.07) is 17.3. The van der Waals surface area contributed by atoms with E-state index in [0.29, 0.717) is 13.1 Å².